The van der Waals surface area contributed by atoms with Crippen molar-refractivity contribution in [1.82, 2.24) is 19.6 Å². The van der Waals surface area contributed by atoms with Crippen LogP contribution < -0.4 is 10.9 Å². The monoisotopic (exact) mass is 415 g/mol. The Morgan fingerprint density at radius 1 is 1.30 bits per heavy atom. The highest BCUT2D eigenvalue weighted by Gasteiger charge is 2.10. The number of aromatic nitrogens is 4. The third-order valence-corrected chi connectivity index (χ3v) is 6.84. The number of fused-ring (bicyclic) bond motifs is 1. The van der Waals surface area contributed by atoms with Crippen LogP contribution in [0.25, 0.3) is 4.96 Å². The van der Waals surface area contributed by atoms with Gasteiger partial charge in [0.05, 0.1) is 5.69 Å². The Hall–Kier alpha value is -2.23. The van der Waals surface area contributed by atoms with E-state index in [0.717, 1.165) is 27.3 Å². The molecule has 3 aromatic heterocycles. The minimum atomic E-state index is -0.0527. The Bertz CT molecular complexity index is 1150. The van der Waals surface area contributed by atoms with Crippen molar-refractivity contribution in [2.24, 2.45) is 0 Å². The van der Waals surface area contributed by atoms with Gasteiger partial charge in [0.25, 0.3) is 5.56 Å². The summed E-state index contributed by atoms with van der Waals surface area (Å²) in [5.74, 6) is 0.586. The van der Waals surface area contributed by atoms with E-state index in [0.29, 0.717) is 10.7 Å². The molecule has 0 spiro atoms. The largest absolute Gasteiger partial charge is 0.330 e. The SMILES string of the molecule is CCc1cccc(C)c1Nc1nnc(SCc2cc(=O)n3ccsc3n2)s1. The molecule has 0 unspecified atom stereocenters. The van der Waals surface area contributed by atoms with Crippen LogP contribution in [-0.2, 0) is 12.2 Å². The standard InChI is InChI=1S/C18H17N5OS3/c1-3-12-6-4-5-11(2)15(12)20-16-21-22-18(27-16)26-10-13-9-14(24)23-7-8-25-17(23)19-13/h4-9H,3,10H2,1-2H3,(H,20,21). The number of rotatable bonds is 6. The zero-order valence-corrected chi connectivity index (χ0v) is 17.2. The number of nitrogens with zero attached hydrogens (tertiary/aromatic N) is 4. The Balaban J connectivity index is 1.47. The van der Waals surface area contributed by atoms with Gasteiger partial charge in [0, 0.05) is 29.1 Å². The summed E-state index contributed by atoms with van der Waals surface area (Å²) >= 11 is 4.50. The average molecular weight is 416 g/mol. The fraction of sp³-hybridized carbons (Fsp3) is 0.222. The normalized spacial score (nSPS) is 11.2. The summed E-state index contributed by atoms with van der Waals surface area (Å²) in [4.78, 5) is 17.3. The van der Waals surface area contributed by atoms with Crippen LogP contribution in [0.5, 0.6) is 0 Å². The van der Waals surface area contributed by atoms with E-state index in [1.165, 1.54) is 45.6 Å². The highest BCUT2D eigenvalue weighted by molar-refractivity contribution is 8.00. The van der Waals surface area contributed by atoms with Crippen LogP contribution in [0.1, 0.15) is 23.7 Å². The molecule has 0 radical (unpaired) electrons. The van der Waals surface area contributed by atoms with Crippen LogP contribution in [0.15, 0.2) is 45.0 Å². The van der Waals surface area contributed by atoms with E-state index < -0.39 is 0 Å². The molecular formula is C18H17N5OS3. The van der Waals surface area contributed by atoms with Gasteiger partial charge in [-0.2, -0.15) is 0 Å². The van der Waals surface area contributed by atoms with E-state index in [1.54, 1.807) is 16.7 Å². The molecular weight excluding hydrogens is 398 g/mol. The molecule has 0 saturated carbocycles. The zero-order chi connectivity index (χ0) is 18.8. The van der Waals surface area contributed by atoms with Crippen molar-refractivity contribution >= 4 is 50.2 Å². The summed E-state index contributed by atoms with van der Waals surface area (Å²) in [6.07, 6.45) is 2.70. The minimum absolute atomic E-state index is 0.0527. The van der Waals surface area contributed by atoms with Crippen LogP contribution in [-0.4, -0.2) is 19.6 Å². The van der Waals surface area contributed by atoms with Crippen molar-refractivity contribution in [3.05, 3.63) is 63.0 Å². The molecule has 3 heterocycles. The number of anilines is 2. The number of hydrogen-bond acceptors (Lipinski definition) is 8. The summed E-state index contributed by atoms with van der Waals surface area (Å²) < 4.78 is 2.40. The average Bonchev–Trinajstić information content (AvgIpc) is 3.31. The summed E-state index contributed by atoms with van der Waals surface area (Å²) in [5, 5.41) is 14.5. The molecule has 1 N–H and O–H groups in total. The Morgan fingerprint density at radius 3 is 3.04 bits per heavy atom. The van der Waals surface area contributed by atoms with Gasteiger partial charge < -0.3 is 5.32 Å². The highest BCUT2D eigenvalue weighted by Crippen LogP contribution is 2.31. The fourth-order valence-corrected chi connectivity index (χ4v) is 5.11. The van der Waals surface area contributed by atoms with Gasteiger partial charge in [0.15, 0.2) is 9.30 Å². The first-order valence-corrected chi connectivity index (χ1v) is 11.1. The molecule has 9 heteroatoms. The molecule has 27 heavy (non-hydrogen) atoms. The lowest BCUT2D eigenvalue weighted by molar-refractivity contribution is 1.01. The Kier molecular flexibility index (Phi) is 5.24. The molecule has 138 valence electrons. The number of benzene rings is 1. The van der Waals surface area contributed by atoms with E-state index in [-0.39, 0.29) is 5.56 Å². The molecule has 0 atom stereocenters. The summed E-state index contributed by atoms with van der Waals surface area (Å²) in [5.41, 5.74) is 4.25. The van der Waals surface area contributed by atoms with Crippen LogP contribution in [0.4, 0.5) is 10.8 Å². The third-order valence-electron chi connectivity index (χ3n) is 4.08. The first kappa shape index (κ1) is 18.1. The van der Waals surface area contributed by atoms with Crippen LogP contribution in [0, 0.1) is 6.92 Å². The lowest BCUT2D eigenvalue weighted by Gasteiger charge is -2.11. The van der Waals surface area contributed by atoms with E-state index in [2.05, 4.69) is 52.5 Å². The van der Waals surface area contributed by atoms with Gasteiger partial charge in [-0.05, 0) is 24.5 Å². The fourth-order valence-electron chi connectivity index (χ4n) is 2.73. The molecule has 0 saturated heterocycles. The van der Waals surface area contributed by atoms with E-state index in [9.17, 15) is 4.79 Å². The maximum atomic E-state index is 12.1. The predicted octanol–water partition coefficient (Wildman–Crippen LogP) is 4.51. The Labute approximate surface area is 168 Å². The van der Waals surface area contributed by atoms with Gasteiger partial charge in [0.1, 0.15) is 0 Å². The lowest BCUT2D eigenvalue weighted by Crippen LogP contribution is -2.12. The highest BCUT2D eigenvalue weighted by atomic mass is 32.2. The number of thioether (sulfide) groups is 1. The van der Waals surface area contributed by atoms with Crippen molar-refractivity contribution in [2.75, 3.05) is 5.32 Å². The van der Waals surface area contributed by atoms with Crippen molar-refractivity contribution in [2.45, 2.75) is 30.4 Å². The maximum absolute atomic E-state index is 12.1. The number of aryl methyl sites for hydroxylation is 2. The topological polar surface area (TPSA) is 72.2 Å². The molecule has 0 fully saturated rings. The second kappa shape index (κ2) is 7.79. The van der Waals surface area contributed by atoms with Crippen molar-refractivity contribution < 1.29 is 0 Å². The Morgan fingerprint density at radius 2 is 2.19 bits per heavy atom. The van der Waals surface area contributed by atoms with E-state index in [1.807, 2.05) is 5.38 Å². The minimum Gasteiger partial charge on any atom is -0.330 e. The van der Waals surface area contributed by atoms with Crippen molar-refractivity contribution in [1.29, 1.82) is 0 Å². The first-order chi connectivity index (χ1) is 13.1. The molecule has 0 aliphatic carbocycles. The predicted molar refractivity (Wildman–Crippen MR) is 113 cm³/mol. The molecule has 0 aliphatic rings. The summed E-state index contributed by atoms with van der Waals surface area (Å²) in [7, 11) is 0. The van der Waals surface area contributed by atoms with Gasteiger partial charge in [-0.15, -0.1) is 21.5 Å². The van der Waals surface area contributed by atoms with Gasteiger partial charge in [0.2, 0.25) is 5.13 Å². The van der Waals surface area contributed by atoms with Crippen molar-refractivity contribution in [3.8, 4) is 0 Å². The molecule has 4 aromatic rings. The zero-order valence-electron chi connectivity index (χ0n) is 14.8. The first-order valence-electron chi connectivity index (χ1n) is 8.41. The smallest absolute Gasteiger partial charge is 0.258 e. The van der Waals surface area contributed by atoms with Crippen LogP contribution in [0.2, 0.25) is 0 Å². The van der Waals surface area contributed by atoms with Crippen LogP contribution >= 0.6 is 34.4 Å². The lowest BCUT2D eigenvalue weighted by atomic mass is 10.1. The van der Waals surface area contributed by atoms with Crippen LogP contribution in [0.3, 0.4) is 0 Å². The quantitative estimate of drug-likeness (QED) is 0.467. The molecule has 6 nitrogen and oxygen atoms in total. The van der Waals surface area contributed by atoms with Crippen molar-refractivity contribution in [3.63, 3.8) is 0 Å². The van der Waals surface area contributed by atoms with E-state index >= 15 is 0 Å². The molecule has 0 aliphatic heterocycles. The number of thiazole rings is 1. The van der Waals surface area contributed by atoms with Gasteiger partial charge in [-0.3, -0.25) is 9.20 Å². The molecule has 4 rings (SSSR count). The van der Waals surface area contributed by atoms with Gasteiger partial charge in [-0.25, -0.2) is 4.98 Å². The van der Waals surface area contributed by atoms with Gasteiger partial charge in [-0.1, -0.05) is 48.2 Å². The molecule has 0 amide bonds. The summed E-state index contributed by atoms with van der Waals surface area (Å²) in [6, 6.07) is 7.86. The summed E-state index contributed by atoms with van der Waals surface area (Å²) in [6.45, 7) is 4.23. The second-order valence-electron chi connectivity index (χ2n) is 5.89. The van der Waals surface area contributed by atoms with E-state index in [4.69, 9.17) is 0 Å². The second-order valence-corrected chi connectivity index (χ2v) is 8.96. The maximum Gasteiger partial charge on any atom is 0.258 e. The molecule has 1 aromatic carbocycles. The number of para-hydroxylation sites is 1. The third kappa shape index (κ3) is 3.90. The number of nitrogens with one attached hydrogen (secondary N) is 1. The van der Waals surface area contributed by atoms with Gasteiger partial charge >= 0.3 is 0 Å². The molecule has 0 bridgehead atoms. The number of hydrogen-bond donors (Lipinski definition) is 1.